The van der Waals surface area contributed by atoms with E-state index in [1.54, 1.807) is 11.9 Å². The van der Waals surface area contributed by atoms with E-state index in [0.717, 1.165) is 5.56 Å². The van der Waals surface area contributed by atoms with Gasteiger partial charge in [-0.25, -0.2) is 0 Å². The molecule has 0 aromatic heterocycles. The maximum absolute atomic E-state index is 12.1. The van der Waals surface area contributed by atoms with Gasteiger partial charge in [0.25, 0.3) is 0 Å². The number of halogens is 1. The van der Waals surface area contributed by atoms with Gasteiger partial charge in [0.15, 0.2) is 0 Å². The molecule has 0 aliphatic heterocycles. The van der Waals surface area contributed by atoms with Crippen LogP contribution in [0.1, 0.15) is 24.9 Å². The minimum atomic E-state index is 0.0441. The molecule has 21 heavy (non-hydrogen) atoms. The SMILES string of the molecule is CC(c1cccc(Cl)c1)N(C)CC(=O)N(C)CCC(N)=S. The molecule has 116 valence electrons. The molecule has 0 fully saturated rings. The van der Waals surface area contributed by atoms with Crippen LogP contribution >= 0.6 is 23.8 Å². The summed E-state index contributed by atoms with van der Waals surface area (Å²) in [6.45, 7) is 2.93. The standard InChI is InChI=1S/C15H22ClN3OS/c1-11(12-5-4-6-13(16)9-12)19(3)10-15(20)18(2)8-7-14(17)21/h4-6,9,11H,7-8,10H2,1-3H3,(H2,17,21). The van der Waals surface area contributed by atoms with Crippen LogP contribution in [0.3, 0.4) is 0 Å². The molecule has 0 bridgehead atoms. The van der Waals surface area contributed by atoms with Crippen LogP contribution in [0.4, 0.5) is 0 Å². The summed E-state index contributed by atoms with van der Waals surface area (Å²) >= 11 is 10.8. The van der Waals surface area contributed by atoms with Gasteiger partial charge in [0.2, 0.25) is 5.91 Å². The molecule has 4 nitrogen and oxygen atoms in total. The smallest absolute Gasteiger partial charge is 0.236 e. The van der Waals surface area contributed by atoms with E-state index in [1.807, 2.05) is 43.1 Å². The van der Waals surface area contributed by atoms with Gasteiger partial charge in [-0.1, -0.05) is 36.0 Å². The zero-order valence-corrected chi connectivity index (χ0v) is 14.2. The Hall–Kier alpha value is -1.17. The second-order valence-electron chi connectivity index (χ2n) is 5.18. The van der Waals surface area contributed by atoms with Crippen molar-refractivity contribution in [3.8, 4) is 0 Å². The molecule has 0 heterocycles. The van der Waals surface area contributed by atoms with Crippen LogP contribution in [0.2, 0.25) is 5.02 Å². The van der Waals surface area contributed by atoms with E-state index in [0.29, 0.717) is 29.5 Å². The number of benzene rings is 1. The number of rotatable bonds is 7. The summed E-state index contributed by atoms with van der Waals surface area (Å²) in [7, 11) is 3.68. The number of amides is 1. The summed E-state index contributed by atoms with van der Waals surface area (Å²) in [5, 5.41) is 0.702. The van der Waals surface area contributed by atoms with E-state index in [4.69, 9.17) is 29.6 Å². The van der Waals surface area contributed by atoms with Crippen LogP contribution in [-0.2, 0) is 4.79 Å². The Kier molecular flexibility index (Phi) is 7.08. The van der Waals surface area contributed by atoms with E-state index in [1.165, 1.54) is 0 Å². The van der Waals surface area contributed by atoms with Gasteiger partial charge in [-0.2, -0.15) is 0 Å². The van der Waals surface area contributed by atoms with Gasteiger partial charge >= 0.3 is 0 Å². The van der Waals surface area contributed by atoms with Crippen LogP contribution in [0.15, 0.2) is 24.3 Å². The molecular formula is C15H22ClN3OS. The van der Waals surface area contributed by atoms with Gasteiger partial charge in [0.05, 0.1) is 11.5 Å². The average molecular weight is 328 g/mol. The van der Waals surface area contributed by atoms with E-state index >= 15 is 0 Å². The number of hydrogen-bond acceptors (Lipinski definition) is 3. The number of hydrogen-bond donors (Lipinski definition) is 1. The normalized spacial score (nSPS) is 12.2. The summed E-state index contributed by atoms with van der Waals surface area (Å²) in [5.41, 5.74) is 6.54. The quantitative estimate of drug-likeness (QED) is 0.782. The molecule has 1 rings (SSSR count). The topological polar surface area (TPSA) is 49.6 Å². The number of nitrogens with zero attached hydrogens (tertiary/aromatic N) is 2. The minimum absolute atomic E-state index is 0.0441. The number of likely N-dealkylation sites (N-methyl/N-ethyl adjacent to an activating group) is 2. The maximum Gasteiger partial charge on any atom is 0.236 e. The van der Waals surface area contributed by atoms with Crippen molar-refractivity contribution in [3.05, 3.63) is 34.9 Å². The Balaban J connectivity index is 2.57. The molecule has 0 spiro atoms. The second kappa shape index (κ2) is 8.32. The lowest BCUT2D eigenvalue weighted by Gasteiger charge is -2.27. The fourth-order valence-electron chi connectivity index (χ4n) is 1.89. The van der Waals surface area contributed by atoms with E-state index in [9.17, 15) is 4.79 Å². The third kappa shape index (κ3) is 5.99. The van der Waals surface area contributed by atoms with Crippen molar-refractivity contribution in [2.45, 2.75) is 19.4 Å². The monoisotopic (exact) mass is 327 g/mol. The molecule has 2 N–H and O–H groups in total. The lowest BCUT2D eigenvalue weighted by atomic mass is 10.1. The molecule has 6 heteroatoms. The largest absolute Gasteiger partial charge is 0.393 e. The molecule has 0 saturated carbocycles. The first-order valence-corrected chi connectivity index (χ1v) is 7.58. The van der Waals surface area contributed by atoms with Gasteiger partial charge in [0, 0.05) is 31.1 Å². The van der Waals surface area contributed by atoms with Crippen LogP contribution < -0.4 is 5.73 Å². The van der Waals surface area contributed by atoms with Crippen LogP contribution in [0.25, 0.3) is 0 Å². The first-order valence-electron chi connectivity index (χ1n) is 6.79. The summed E-state index contributed by atoms with van der Waals surface area (Å²) in [5.74, 6) is 0.0441. The van der Waals surface area contributed by atoms with Crippen molar-refractivity contribution in [2.24, 2.45) is 5.73 Å². The van der Waals surface area contributed by atoms with Crippen LogP contribution in [0, 0.1) is 0 Å². The first-order chi connectivity index (χ1) is 9.81. The van der Waals surface area contributed by atoms with Gasteiger partial charge in [-0.05, 0) is 31.7 Å². The highest BCUT2D eigenvalue weighted by Crippen LogP contribution is 2.21. The van der Waals surface area contributed by atoms with E-state index in [2.05, 4.69) is 0 Å². The highest BCUT2D eigenvalue weighted by molar-refractivity contribution is 7.80. The molecule has 1 aromatic carbocycles. The minimum Gasteiger partial charge on any atom is -0.393 e. The number of thiocarbonyl (C=S) groups is 1. The van der Waals surface area contributed by atoms with Crippen molar-refractivity contribution < 1.29 is 4.79 Å². The number of carbonyl (C=O) groups is 1. The molecule has 1 amide bonds. The summed E-state index contributed by atoms with van der Waals surface area (Å²) in [6.07, 6.45) is 0.547. The third-order valence-electron chi connectivity index (χ3n) is 3.50. The molecule has 0 aliphatic carbocycles. The van der Waals surface area contributed by atoms with Crippen molar-refractivity contribution in [3.63, 3.8) is 0 Å². The molecule has 0 radical (unpaired) electrons. The molecular weight excluding hydrogens is 306 g/mol. The summed E-state index contributed by atoms with van der Waals surface area (Å²) in [4.78, 5) is 16.2. The lowest BCUT2D eigenvalue weighted by molar-refractivity contribution is -0.131. The van der Waals surface area contributed by atoms with Crippen LogP contribution in [0.5, 0.6) is 0 Å². The molecule has 0 saturated heterocycles. The van der Waals surface area contributed by atoms with Crippen molar-refractivity contribution >= 4 is 34.7 Å². The van der Waals surface area contributed by atoms with Gasteiger partial charge in [0.1, 0.15) is 0 Å². The molecule has 0 aliphatic rings. The summed E-state index contributed by atoms with van der Waals surface area (Å²) in [6, 6.07) is 7.79. The Morgan fingerprint density at radius 2 is 2.10 bits per heavy atom. The number of nitrogens with two attached hydrogens (primary N) is 1. The zero-order valence-electron chi connectivity index (χ0n) is 12.7. The Morgan fingerprint density at radius 3 is 2.67 bits per heavy atom. The Labute approximate surface area is 136 Å². The first kappa shape index (κ1) is 17.9. The third-order valence-corrected chi connectivity index (χ3v) is 3.94. The highest BCUT2D eigenvalue weighted by Gasteiger charge is 2.17. The fourth-order valence-corrected chi connectivity index (χ4v) is 2.18. The molecule has 1 unspecified atom stereocenters. The fraction of sp³-hybridized carbons (Fsp3) is 0.467. The number of carbonyl (C=O) groups excluding carboxylic acids is 1. The van der Waals surface area contributed by atoms with Crippen molar-refractivity contribution in [1.29, 1.82) is 0 Å². The molecule has 1 atom stereocenters. The second-order valence-corrected chi connectivity index (χ2v) is 6.14. The van der Waals surface area contributed by atoms with E-state index in [-0.39, 0.29) is 11.9 Å². The lowest BCUT2D eigenvalue weighted by Crippen LogP contribution is -2.38. The van der Waals surface area contributed by atoms with Gasteiger partial charge in [-0.3, -0.25) is 9.69 Å². The highest BCUT2D eigenvalue weighted by atomic mass is 35.5. The van der Waals surface area contributed by atoms with Gasteiger partial charge in [-0.15, -0.1) is 0 Å². The Bertz CT molecular complexity index is 509. The summed E-state index contributed by atoms with van der Waals surface area (Å²) < 4.78 is 0. The van der Waals surface area contributed by atoms with Crippen LogP contribution in [-0.4, -0.2) is 47.9 Å². The zero-order chi connectivity index (χ0) is 16.0. The maximum atomic E-state index is 12.1. The van der Waals surface area contributed by atoms with Gasteiger partial charge < -0.3 is 10.6 Å². The van der Waals surface area contributed by atoms with E-state index < -0.39 is 0 Å². The Morgan fingerprint density at radius 1 is 1.43 bits per heavy atom. The van der Waals surface area contributed by atoms with Crippen molar-refractivity contribution in [2.75, 3.05) is 27.2 Å². The molecule has 1 aromatic rings. The van der Waals surface area contributed by atoms with Crippen molar-refractivity contribution in [1.82, 2.24) is 9.80 Å². The average Bonchev–Trinajstić information content (AvgIpc) is 2.43. The predicted octanol–water partition coefficient (Wildman–Crippen LogP) is 2.47. The predicted molar refractivity (Wildman–Crippen MR) is 91.5 cm³/mol.